The number of halogens is 2. The molecule has 0 spiro atoms. The van der Waals surface area contributed by atoms with Gasteiger partial charge in [-0.1, -0.05) is 22.0 Å². The van der Waals surface area contributed by atoms with Crippen molar-refractivity contribution >= 4 is 22.2 Å². The van der Waals surface area contributed by atoms with Crippen LogP contribution in [0, 0.1) is 5.82 Å². The van der Waals surface area contributed by atoms with E-state index in [0.29, 0.717) is 21.5 Å². The quantitative estimate of drug-likeness (QED) is 0.773. The third-order valence-electron chi connectivity index (χ3n) is 2.72. The lowest BCUT2D eigenvalue weighted by Gasteiger charge is -2.12. The molecule has 0 aliphatic heterocycles. The van der Waals surface area contributed by atoms with Gasteiger partial charge in [0.15, 0.2) is 11.5 Å². The van der Waals surface area contributed by atoms with E-state index in [2.05, 4.69) is 15.9 Å². The van der Waals surface area contributed by atoms with Gasteiger partial charge >= 0.3 is 0 Å². The zero-order chi connectivity index (χ0) is 14.5. The second-order valence-corrected chi connectivity index (χ2v) is 4.91. The maximum absolute atomic E-state index is 13.0. The number of carbonyl (C=O) groups is 1. The molecule has 20 heavy (non-hydrogen) atoms. The second-order valence-electron chi connectivity index (χ2n) is 4.05. The van der Waals surface area contributed by atoms with E-state index >= 15 is 0 Å². The zero-order valence-electron chi connectivity index (χ0n) is 10.7. The molecule has 0 aromatic heterocycles. The second kappa shape index (κ2) is 6.52. The molecule has 0 atom stereocenters. The highest BCUT2D eigenvalue weighted by atomic mass is 79.9. The van der Waals surface area contributed by atoms with E-state index in [1.54, 1.807) is 24.3 Å². The van der Waals surface area contributed by atoms with E-state index < -0.39 is 0 Å². The Morgan fingerprint density at radius 2 is 2.00 bits per heavy atom. The molecule has 0 heterocycles. The van der Waals surface area contributed by atoms with Crippen molar-refractivity contribution in [3.63, 3.8) is 0 Å². The molecule has 0 saturated carbocycles. The van der Waals surface area contributed by atoms with Crippen molar-refractivity contribution in [2.75, 3.05) is 7.11 Å². The van der Waals surface area contributed by atoms with Gasteiger partial charge < -0.3 is 9.47 Å². The van der Waals surface area contributed by atoms with E-state index in [-0.39, 0.29) is 12.4 Å². The summed E-state index contributed by atoms with van der Waals surface area (Å²) in [6.45, 7) is 0.236. The molecule has 0 unspecified atom stereocenters. The first-order valence-electron chi connectivity index (χ1n) is 5.84. The molecule has 0 radical (unpaired) electrons. The van der Waals surface area contributed by atoms with Crippen molar-refractivity contribution in [3.05, 3.63) is 57.8 Å². The predicted octanol–water partition coefficient (Wildman–Crippen LogP) is 3.99. The van der Waals surface area contributed by atoms with Gasteiger partial charge in [0.2, 0.25) is 0 Å². The standard InChI is InChI=1S/C15H12BrFO3/c1-19-14-5-2-10(8-18)6-15(14)20-9-11-3-4-12(17)7-13(11)16/h2-8H,9H2,1H3. The minimum atomic E-state index is -0.318. The van der Waals surface area contributed by atoms with Crippen LogP contribution in [0.15, 0.2) is 40.9 Å². The maximum Gasteiger partial charge on any atom is 0.162 e. The molecule has 2 aromatic carbocycles. The molecule has 5 heteroatoms. The Morgan fingerprint density at radius 1 is 1.20 bits per heavy atom. The molecule has 0 amide bonds. The first kappa shape index (κ1) is 14.5. The number of ether oxygens (including phenoxy) is 2. The number of carbonyl (C=O) groups excluding carboxylic acids is 1. The third kappa shape index (κ3) is 3.36. The number of methoxy groups -OCH3 is 1. The van der Waals surface area contributed by atoms with E-state index in [1.807, 2.05) is 0 Å². The number of aldehydes is 1. The summed E-state index contributed by atoms with van der Waals surface area (Å²) in [7, 11) is 1.52. The molecule has 2 aromatic rings. The average molecular weight is 339 g/mol. The van der Waals surface area contributed by atoms with Crippen LogP contribution in [-0.2, 0) is 6.61 Å². The molecule has 0 bridgehead atoms. The SMILES string of the molecule is COc1ccc(C=O)cc1OCc1ccc(F)cc1Br. The summed E-state index contributed by atoms with van der Waals surface area (Å²) in [5, 5.41) is 0. The minimum Gasteiger partial charge on any atom is -0.493 e. The lowest BCUT2D eigenvalue weighted by molar-refractivity contribution is 0.112. The first-order valence-corrected chi connectivity index (χ1v) is 6.63. The Hall–Kier alpha value is -1.88. The smallest absolute Gasteiger partial charge is 0.162 e. The molecule has 0 N–H and O–H groups in total. The van der Waals surface area contributed by atoms with Gasteiger partial charge in [-0.2, -0.15) is 0 Å². The van der Waals surface area contributed by atoms with Crippen LogP contribution in [0.2, 0.25) is 0 Å². The highest BCUT2D eigenvalue weighted by molar-refractivity contribution is 9.10. The summed E-state index contributed by atoms with van der Waals surface area (Å²) in [5.41, 5.74) is 1.30. The minimum absolute atomic E-state index is 0.236. The monoisotopic (exact) mass is 338 g/mol. The summed E-state index contributed by atoms with van der Waals surface area (Å²) < 4.78 is 24.4. The summed E-state index contributed by atoms with van der Waals surface area (Å²) in [4.78, 5) is 10.8. The van der Waals surface area contributed by atoms with Gasteiger partial charge in [0, 0.05) is 15.6 Å². The fourth-order valence-corrected chi connectivity index (χ4v) is 2.14. The van der Waals surface area contributed by atoms with Gasteiger partial charge in [0.1, 0.15) is 18.7 Å². The molecule has 0 aliphatic rings. The van der Waals surface area contributed by atoms with Crippen molar-refractivity contribution < 1.29 is 18.7 Å². The fourth-order valence-electron chi connectivity index (χ4n) is 1.67. The van der Waals surface area contributed by atoms with Crippen LogP contribution in [0.4, 0.5) is 4.39 Å². The predicted molar refractivity (Wildman–Crippen MR) is 76.8 cm³/mol. The molecule has 104 valence electrons. The van der Waals surface area contributed by atoms with E-state index in [1.165, 1.54) is 19.2 Å². The molecule has 0 aliphatic carbocycles. The van der Waals surface area contributed by atoms with Crippen molar-refractivity contribution in [1.82, 2.24) is 0 Å². The normalized spacial score (nSPS) is 10.2. The summed E-state index contributed by atoms with van der Waals surface area (Å²) in [6, 6.07) is 9.28. The Bertz CT molecular complexity index is 629. The number of benzene rings is 2. The molecule has 3 nitrogen and oxygen atoms in total. The van der Waals surface area contributed by atoms with Gasteiger partial charge in [0.05, 0.1) is 7.11 Å². The summed E-state index contributed by atoms with van der Waals surface area (Å²) >= 11 is 3.28. The lowest BCUT2D eigenvalue weighted by atomic mass is 10.2. The Morgan fingerprint density at radius 3 is 2.65 bits per heavy atom. The van der Waals surface area contributed by atoms with Crippen LogP contribution in [0.5, 0.6) is 11.5 Å². The highest BCUT2D eigenvalue weighted by Crippen LogP contribution is 2.29. The van der Waals surface area contributed by atoms with E-state index in [4.69, 9.17) is 9.47 Å². The Kier molecular flexibility index (Phi) is 4.74. The van der Waals surface area contributed by atoms with Crippen LogP contribution >= 0.6 is 15.9 Å². The third-order valence-corrected chi connectivity index (χ3v) is 3.46. The maximum atomic E-state index is 13.0. The van der Waals surface area contributed by atoms with E-state index in [0.717, 1.165) is 11.8 Å². The summed E-state index contributed by atoms with van der Waals surface area (Å²) in [6.07, 6.45) is 0.736. The van der Waals surface area contributed by atoms with Crippen molar-refractivity contribution in [2.24, 2.45) is 0 Å². The molecular weight excluding hydrogens is 327 g/mol. The van der Waals surface area contributed by atoms with Gasteiger partial charge in [-0.3, -0.25) is 4.79 Å². The van der Waals surface area contributed by atoms with Gasteiger partial charge in [-0.25, -0.2) is 4.39 Å². The van der Waals surface area contributed by atoms with Crippen LogP contribution < -0.4 is 9.47 Å². The Balaban J connectivity index is 2.19. The Labute approximate surface area is 124 Å². The van der Waals surface area contributed by atoms with Crippen LogP contribution in [0.3, 0.4) is 0 Å². The molecule has 0 fully saturated rings. The molecular formula is C15H12BrFO3. The van der Waals surface area contributed by atoms with Crippen LogP contribution in [0.25, 0.3) is 0 Å². The topological polar surface area (TPSA) is 35.5 Å². The fraction of sp³-hybridized carbons (Fsp3) is 0.133. The zero-order valence-corrected chi connectivity index (χ0v) is 12.3. The van der Waals surface area contributed by atoms with Crippen molar-refractivity contribution in [3.8, 4) is 11.5 Å². The van der Waals surface area contributed by atoms with E-state index in [9.17, 15) is 9.18 Å². The van der Waals surface area contributed by atoms with Crippen LogP contribution in [0.1, 0.15) is 15.9 Å². The average Bonchev–Trinajstić information content (AvgIpc) is 2.46. The number of hydrogen-bond acceptors (Lipinski definition) is 3. The molecule has 2 rings (SSSR count). The summed E-state index contributed by atoms with van der Waals surface area (Å²) in [5.74, 6) is 0.684. The molecule has 0 saturated heterocycles. The van der Waals surface area contributed by atoms with Crippen molar-refractivity contribution in [1.29, 1.82) is 0 Å². The van der Waals surface area contributed by atoms with Gasteiger partial charge in [-0.05, 0) is 30.3 Å². The van der Waals surface area contributed by atoms with Gasteiger partial charge in [0.25, 0.3) is 0 Å². The van der Waals surface area contributed by atoms with Crippen LogP contribution in [-0.4, -0.2) is 13.4 Å². The van der Waals surface area contributed by atoms with Gasteiger partial charge in [-0.15, -0.1) is 0 Å². The highest BCUT2D eigenvalue weighted by Gasteiger charge is 2.08. The largest absolute Gasteiger partial charge is 0.493 e. The number of rotatable bonds is 5. The van der Waals surface area contributed by atoms with Crippen molar-refractivity contribution in [2.45, 2.75) is 6.61 Å². The first-order chi connectivity index (χ1) is 9.63. The lowest BCUT2D eigenvalue weighted by Crippen LogP contribution is -1.99. The number of hydrogen-bond donors (Lipinski definition) is 0.